The van der Waals surface area contributed by atoms with Crippen molar-refractivity contribution in [1.29, 1.82) is 0 Å². The van der Waals surface area contributed by atoms with Crippen LogP contribution in [0.25, 0.3) is 0 Å². The Bertz CT molecular complexity index is 1020. The second-order valence-corrected chi connectivity index (χ2v) is 13.5. The van der Waals surface area contributed by atoms with E-state index in [0.29, 0.717) is 32.2 Å². The van der Waals surface area contributed by atoms with E-state index < -0.39 is 23.9 Å². The Kier molecular flexibility index (Phi) is 28.9. The third-order valence-electron chi connectivity index (χ3n) is 8.64. The minimum absolute atomic E-state index is 0.0817. The topological polar surface area (TPSA) is 181 Å². The molecule has 15 heteroatoms. The number of primary amides is 1. The third-order valence-corrected chi connectivity index (χ3v) is 8.98. The van der Waals surface area contributed by atoms with Crippen molar-refractivity contribution in [2.24, 2.45) is 5.73 Å². The van der Waals surface area contributed by atoms with E-state index in [1.165, 1.54) is 73.0 Å². The van der Waals surface area contributed by atoms with E-state index in [1.807, 2.05) is 0 Å². The van der Waals surface area contributed by atoms with Crippen LogP contribution in [0.4, 0.5) is 0 Å². The first-order valence-corrected chi connectivity index (χ1v) is 19.3. The fraction of sp³-hybridized carbons (Fsp3) is 0.833. The molecule has 0 aliphatic heterocycles. The summed E-state index contributed by atoms with van der Waals surface area (Å²) in [7, 11) is 4.77. The smallest absolute Gasteiger partial charge is 0.246 e. The van der Waals surface area contributed by atoms with Crippen molar-refractivity contribution in [1.82, 2.24) is 25.3 Å². The van der Waals surface area contributed by atoms with E-state index in [4.69, 9.17) is 15.2 Å². The summed E-state index contributed by atoms with van der Waals surface area (Å²) in [5.74, 6) is -1.86. The second kappa shape index (κ2) is 30.7. The lowest BCUT2D eigenvalue weighted by molar-refractivity contribution is -0.145. The van der Waals surface area contributed by atoms with Gasteiger partial charge in [0, 0.05) is 53.3 Å². The van der Waals surface area contributed by atoms with Crippen LogP contribution in [-0.4, -0.2) is 135 Å². The minimum atomic E-state index is -0.828. The average molecular weight is 745 g/mol. The molecule has 4 N–H and O–H groups in total. The summed E-state index contributed by atoms with van der Waals surface area (Å²) in [6.07, 6.45) is 15.2. The van der Waals surface area contributed by atoms with Crippen LogP contribution in [0.2, 0.25) is 0 Å². The summed E-state index contributed by atoms with van der Waals surface area (Å²) < 4.78 is 10.9. The van der Waals surface area contributed by atoms with Crippen molar-refractivity contribution in [3.63, 3.8) is 0 Å². The molecule has 0 radical (unpaired) electrons. The maximum absolute atomic E-state index is 13.1. The van der Waals surface area contributed by atoms with Gasteiger partial charge in [-0.1, -0.05) is 71.1 Å². The lowest BCUT2D eigenvalue weighted by Gasteiger charge is -2.31. The molecule has 0 fully saturated rings. The number of carbonyl (C=O) groups excluding carboxylic acids is 6. The predicted octanol–water partition coefficient (Wildman–Crippen LogP) is 2.67. The second-order valence-electron chi connectivity index (χ2n) is 13.2. The summed E-state index contributed by atoms with van der Waals surface area (Å²) in [4.78, 5) is 77.6. The van der Waals surface area contributed by atoms with Crippen molar-refractivity contribution >= 4 is 48.1 Å². The van der Waals surface area contributed by atoms with Crippen LogP contribution in [0.3, 0.4) is 0 Å². The van der Waals surface area contributed by atoms with E-state index >= 15 is 0 Å². The SMILES string of the molecule is CCCCCCCCCCCCCC(=O)N(C)CC(=O)N(C)[C@@H](CS)C(=O)N(C)CCOCCOCC(=O)N[C@@H](CCCCNC(C)=O)C(N)=O. The zero-order valence-electron chi connectivity index (χ0n) is 32.1. The summed E-state index contributed by atoms with van der Waals surface area (Å²) >= 11 is 4.31. The highest BCUT2D eigenvalue weighted by Crippen LogP contribution is 2.13. The normalized spacial score (nSPS) is 12.1. The molecule has 14 nitrogen and oxygen atoms in total. The van der Waals surface area contributed by atoms with Gasteiger partial charge in [0.05, 0.1) is 26.4 Å². The lowest BCUT2D eigenvalue weighted by atomic mass is 10.1. The van der Waals surface area contributed by atoms with Crippen molar-refractivity contribution in [3.8, 4) is 0 Å². The van der Waals surface area contributed by atoms with Gasteiger partial charge in [-0.25, -0.2) is 0 Å². The first-order chi connectivity index (χ1) is 24.3. The fourth-order valence-corrected chi connectivity index (χ4v) is 5.69. The zero-order chi connectivity index (χ0) is 38.4. The Balaban J connectivity index is 4.27. The Hall–Kier alpha value is -2.91. The van der Waals surface area contributed by atoms with E-state index in [0.717, 1.165) is 19.3 Å². The van der Waals surface area contributed by atoms with Crippen LogP contribution in [0.1, 0.15) is 110 Å². The number of nitrogens with two attached hydrogens (primary N) is 1. The Morgan fingerprint density at radius 3 is 1.90 bits per heavy atom. The molecule has 0 aliphatic rings. The maximum Gasteiger partial charge on any atom is 0.246 e. The third kappa shape index (κ3) is 24.8. The molecule has 0 saturated carbocycles. The molecule has 0 aromatic carbocycles. The highest BCUT2D eigenvalue weighted by Gasteiger charge is 2.29. The molecule has 0 aromatic heterocycles. The van der Waals surface area contributed by atoms with Crippen LogP contribution in [0.15, 0.2) is 0 Å². The Labute approximate surface area is 312 Å². The number of nitrogens with one attached hydrogen (secondary N) is 2. The highest BCUT2D eigenvalue weighted by molar-refractivity contribution is 7.80. The number of rotatable bonds is 32. The number of carbonyl (C=O) groups is 6. The zero-order valence-corrected chi connectivity index (χ0v) is 32.9. The number of unbranched alkanes of at least 4 members (excludes halogenated alkanes) is 11. The number of amides is 6. The van der Waals surface area contributed by atoms with Gasteiger partial charge in [-0.2, -0.15) is 12.6 Å². The predicted molar refractivity (Wildman–Crippen MR) is 202 cm³/mol. The molecule has 296 valence electrons. The average Bonchev–Trinajstić information content (AvgIpc) is 3.09. The van der Waals surface area contributed by atoms with E-state index in [2.05, 4.69) is 30.2 Å². The van der Waals surface area contributed by atoms with Crippen molar-refractivity contribution < 1.29 is 38.2 Å². The molecule has 0 unspecified atom stereocenters. The number of hydrogen-bond acceptors (Lipinski definition) is 9. The molecule has 0 aliphatic carbocycles. The van der Waals surface area contributed by atoms with Gasteiger partial charge in [-0.3, -0.25) is 28.8 Å². The van der Waals surface area contributed by atoms with Gasteiger partial charge in [-0.15, -0.1) is 0 Å². The van der Waals surface area contributed by atoms with Gasteiger partial charge in [0.1, 0.15) is 18.7 Å². The number of thiol groups is 1. The fourth-order valence-electron chi connectivity index (χ4n) is 5.28. The maximum atomic E-state index is 13.1. The summed E-state index contributed by atoms with van der Waals surface area (Å²) in [6.45, 7) is 4.49. The van der Waals surface area contributed by atoms with E-state index in [9.17, 15) is 28.8 Å². The number of ether oxygens (including phenoxy) is 2. The largest absolute Gasteiger partial charge is 0.377 e. The Morgan fingerprint density at radius 1 is 0.745 bits per heavy atom. The molecule has 0 bridgehead atoms. The van der Waals surface area contributed by atoms with Gasteiger partial charge >= 0.3 is 0 Å². The molecular formula is C36H68N6O8S. The lowest BCUT2D eigenvalue weighted by Crippen LogP contribution is -2.52. The van der Waals surface area contributed by atoms with Gasteiger partial charge in [0.15, 0.2) is 0 Å². The van der Waals surface area contributed by atoms with Crippen molar-refractivity contribution in [2.75, 3.05) is 73.0 Å². The Morgan fingerprint density at radius 2 is 1.33 bits per heavy atom. The molecule has 51 heavy (non-hydrogen) atoms. The first-order valence-electron chi connectivity index (χ1n) is 18.7. The molecule has 0 rings (SSSR count). The van der Waals surface area contributed by atoms with Crippen LogP contribution < -0.4 is 16.4 Å². The molecule has 0 aromatic rings. The van der Waals surface area contributed by atoms with Crippen molar-refractivity contribution in [2.45, 2.75) is 122 Å². The van der Waals surface area contributed by atoms with Crippen LogP contribution in [-0.2, 0) is 38.2 Å². The summed E-state index contributed by atoms with van der Waals surface area (Å²) in [5.41, 5.74) is 5.38. The van der Waals surface area contributed by atoms with Gasteiger partial charge in [0.25, 0.3) is 0 Å². The number of hydrogen-bond donors (Lipinski definition) is 4. The molecule has 0 heterocycles. The minimum Gasteiger partial charge on any atom is -0.377 e. The molecular weight excluding hydrogens is 676 g/mol. The van der Waals surface area contributed by atoms with Crippen molar-refractivity contribution in [3.05, 3.63) is 0 Å². The number of nitrogens with zero attached hydrogens (tertiary/aromatic N) is 3. The van der Waals surface area contributed by atoms with Crippen LogP contribution in [0, 0.1) is 0 Å². The van der Waals surface area contributed by atoms with Gasteiger partial charge in [-0.05, 0) is 25.7 Å². The molecule has 0 saturated heterocycles. The van der Waals surface area contributed by atoms with Crippen LogP contribution >= 0.6 is 12.6 Å². The first kappa shape index (κ1) is 48.1. The molecule has 6 amide bonds. The standard InChI is InChI=1S/C36H68N6O8S/c1-6-7-8-9-10-11-12-13-14-15-16-20-33(45)41(4)26-34(46)42(5)31(28-51)36(48)40(3)22-23-49-24-25-50-27-32(44)39-30(35(37)47)19-17-18-21-38-29(2)43/h30-31,51H,6-28H2,1-5H3,(H2,37,47)(H,38,43)(H,39,44)/t30-,31-/m0/s1. The van der Waals surface area contributed by atoms with Gasteiger partial charge < -0.3 is 40.5 Å². The van der Waals surface area contributed by atoms with E-state index in [-0.39, 0.29) is 68.9 Å². The summed E-state index contributed by atoms with van der Waals surface area (Å²) in [6, 6.07) is -1.63. The molecule has 2 atom stereocenters. The molecule has 0 spiro atoms. The van der Waals surface area contributed by atoms with Crippen LogP contribution in [0.5, 0.6) is 0 Å². The monoisotopic (exact) mass is 744 g/mol. The quantitative estimate of drug-likeness (QED) is 0.0600. The number of likely N-dealkylation sites (N-methyl/N-ethyl adjacent to an activating group) is 3. The van der Waals surface area contributed by atoms with E-state index in [1.54, 1.807) is 21.1 Å². The summed E-state index contributed by atoms with van der Waals surface area (Å²) in [5, 5.41) is 5.22. The van der Waals surface area contributed by atoms with Gasteiger partial charge in [0.2, 0.25) is 35.4 Å². The highest BCUT2D eigenvalue weighted by atomic mass is 32.1.